The molecule has 0 radical (unpaired) electrons. The lowest BCUT2D eigenvalue weighted by Gasteiger charge is -2.00. The van der Waals surface area contributed by atoms with Gasteiger partial charge in [-0.3, -0.25) is 0 Å². The maximum atomic E-state index is 5.75. The molecule has 0 unspecified atom stereocenters. The fourth-order valence-electron chi connectivity index (χ4n) is 1.50. The van der Waals surface area contributed by atoms with Crippen molar-refractivity contribution in [3.8, 4) is 11.1 Å². The third-order valence-corrected chi connectivity index (χ3v) is 2.79. The quantitative estimate of drug-likeness (QED) is 0.908. The van der Waals surface area contributed by atoms with E-state index in [9.17, 15) is 0 Å². The van der Waals surface area contributed by atoms with Gasteiger partial charge in [0.05, 0.1) is 11.3 Å². The van der Waals surface area contributed by atoms with E-state index < -0.39 is 0 Å². The summed E-state index contributed by atoms with van der Waals surface area (Å²) in [5.74, 6) is 0.383. The Morgan fingerprint density at radius 1 is 1.33 bits per heavy atom. The van der Waals surface area contributed by atoms with Gasteiger partial charge in [-0.2, -0.15) is 0 Å². The lowest BCUT2D eigenvalue weighted by Crippen LogP contribution is -1.88. The van der Waals surface area contributed by atoms with Gasteiger partial charge in [-0.05, 0) is 24.1 Å². The Kier molecular flexibility index (Phi) is 2.77. The van der Waals surface area contributed by atoms with Gasteiger partial charge < -0.3 is 10.3 Å². The van der Waals surface area contributed by atoms with Gasteiger partial charge in [0.25, 0.3) is 0 Å². The Labute approximate surface area is 96.4 Å². The number of hydrogen-bond acceptors (Lipinski definition) is 3. The van der Waals surface area contributed by atoms with Crippen LogP contribution in [-0.2, 0) is 6.42 Å². The number of anilines is 1. The van der Waals surface area contributed by atoms with E-state index in [2.05, 4.69) is 21.1 Å². The fourth-order valence-corrected chi connectivity index (χ4v) is 1.77. The van der Waals surface area contributed by atoms with E-state index in [1.54, 1.807) is 0 Å². The fraction of sp³-hybridized carbons (Fsp3) is 0.182. The molecule has 0 aliphatic rings. The number of aromatic nitrogens is 1. The van der Waals surface area contributed by atoms with Crippen LogP contribution in [0.2, 0.25) is 0 Å². The topological polar surface area (TPSA) is 52.0 Å². The molecule has 0 atom stereocenters. The molecule has 0 saturated heterocycles. The van der Waals surface area contributed by atoms with Crippen LogP contribution in [0.3, 0.4) is 0 Å². The highest BCUT2D eigenvalue weighted by atomic mass is 79.9. The standard InChI is InChI=1S/C11H11BrN2O/c1-2-9-10(11(13)15-14-9)7-3-5-8(12)6-4-7/h3-6H,2,13H2,1H3. The molecule has 0 bridgehead atoms. The average Bonchev–Trinajstić information content (AvgIpc) is 2.61. The van der Waals surface area contributed by atoms with Crippen LogP contribution in [-0.4, -0.2) is 5.16 Å². The minimum absolute atomic E-state index is 0.383. The van der Waals surface area contributed by atoms with E-state index in [0.29, 0.717) is 5.88 Å². The molecular weight excluding hydrogens is 256 g/mol. The van der Waals surface area contributed by atoms with Crippen LogP contribution in [0.25, 0.3) is 11.1 Å². The van der Waals surface area contributed by atoms with Gasteiger partial charge in [0.1, 0.15) is 0 Å². The highest BCUT2D eigenvalue weighted by molar-refractivity contribution is 9.10. The summed E-state index contributed by atoms with van der Waals surface area (Å²) in [5, 5.41) is 3.92. The molecule has 2 N–H and O–H groups in total. The molecule has 1 aromatic heterocycles. The van der Waals surface area contributed by atoms with E-state index in [1.807, 2.05) is 31.2 Å². The summed E-state index contributed by atoms with van der Waals surface area (Å²) >= 11 is 3.39. The molecule has 4 heteroatoms. The molecule has 0 aliphatic carbocycles. The molecule has 3 nitrogen and oxygen atoms in total. The van der Waals surface area contributed by atoms with Crippen molar-refractivity contribution >= 4 is 21.8 Å². The molecule has 0 fully saturated rings. The molecule has 1 heterocycles. The molecule has 0 spiro atoms. The van der Waals surface area contributed by atoms with E-state index in [1.165, 1.54) is 0 Å². The molecule has 1 aromatic carbocycles. The van der Waals surface area contributed by atoms with E-state index in [4.69, 9.17) is 10.3 Å². The van der Waals surface area contributed by atoms with Crippen molar-refractivity contribution in [2.24, 2.45) is 0 Å². The largest absolute Gasteiger partial charge is 0.367 e. The lowest BCUT2D eigenvalue weighted by atomic mass is 10.0. The Hall–Kier alpha value is -1.29. The zero-order chi connectivity index (χ0) is 10.8. The van der Waals surface area contributed by atoms with E-state index >= 15 is 0 Å². The van der Waals surface area contributed by atoms with Crippen LogP contribution in [0.1, 0.15) is 12.6 Å². The number of aryl methyl sites for hydroxylation is 1. The second-order valence-corrected chi connectivity index (χ2v) is 4.14. The Bertz CT molecular complexity index is 462. The van der Waals surface area contributed by atoms with Crippen molar-refractivity contribution in [1.82, 2.24) is 5.16 Å². The first-order chi connectivity index (χ1) is 7.22. The molecule has 15 heavy (non-hydrogen) atoms. The first kappa shape index (κ1) is 10.2. The predicted molar refractivity (Wildman–Crippen MR) is 63.4 cm³/mol. The number of hydrogen-bond donors (Lipinski definition) is 1. The average molecular weight is 267 g/mol. The minimum Gasteiger partial charge on any atom is -0.367 e. The zero-order valence-corrected chi connectivity index (χ0v) is 9.91. The zero-order valence-electron chi connectivity index (χ0n) is 8.33. The number of nitrogens with zero attached hydrogens (tertiary/aromatic N) is 1. The highest BCUT2D eigenvalue weighted by Gasteiger charge is 2.13. The number of benzene rings is 1. The van der Waals surface area contributed by atoms with Crippen molar-refractivity contribution in [3.63, 3.8) is 0 Å². The smallest absolute Gasteiger partial charge is 0.230 e. The summed E-state index contributed by atoms with van der Waals surface area (Å²) < 4.78 is 6.03. The minimum atomic E-state index is 0.383. The van der Waals surface area contributed by atoms with Gasteiger partial charge in [0.2, 0.25) is 5.88 Å². The molecule has 0 aliphatic heterocycles. The first-order valence-corrected chi connectivity index (χ1v) is 5.51. The summed E-state index contributed by atoms with van der Waals surface area (Å²) in [4.78, 5) is 0. The van der Waals surface area contributed by atoms with Gasteiger partial charge in [-0.25, -0.2) is 0 Å². The Balaban J connectivity index is 2.52. The summed E-state index contributed by atoms with van der Waals surface area (Å²) in [7, 11) is 0. The molecule has 2 rings (SSSR count). The summed E-state index contributed by atoms with van der Waals surface area (Å²) in [6.45, 7) is 2.03. The number of halogens is 1. The highest BCUT2D eigenvalue weighted by Crippen LogP contribution is 2.30. The Morgan fingerprint density at radius 2 is 2.00 bits per heavy atom. The van der Waals surface area contributed by atoms with Crippen LogP contribution in [0, 0.1) is 0 Å². The van der Waals surface area contributed by atoms with Crippen molar-refractivity contribution < 1.29 is 4.52 Å². The summed E-state index contributed by atoms with van der Waals surface area (Å²) in [6.07, 6.45) is 0.812. The first-order valence-electron chi connectivity index (χ1n) is 4.72. The predicted octanol–water partition coefficient (Wildman–Crippen LogP) is 3.25. The third kappa shape index (κ3) is 1.90. The van der Waals surface area contributed by atoms with E-state index in [0.717, 1.165) is 27.7 Å². The number of nitrogen functional groups attached to an aromatic ring is 1. The van der Waals surface area contributed by atoms with E-state index in [-0.39, 0.29) is 0 Å². The van der Waals surface area contributed by atoms with Crippen molar-refractivity contribution in [3.05, 3.63) is 34.4 Å². The second-order valence-electron chi connectivity index (χ2n) is 3.23. The monoisotopic (exact) mass is 266 g/mol. The van der Waals surface area contributed by atoms with Crippen LogP contribution < -0.4 is 5.73 Å². The number of rotatable bonds is 2. The lowest BCUT2D eigenvalue weighted by molar-refractivity contribution is 0.428. The van der Waals surface area contributed by atoms with Crippen LogP contribution >= 0.6 is 15.9 Å². The van der Waals surface area contributed by atoms with Crippen molar-refractivity contribution in [2.75, 3.05) is 5.73 Å². The maximum absolute atomic E-state index is 5.75. The molecule has 2 aromatic rings. The summed E-state index contributed by atoms with van der Waals surface area (Å²) in [5.41, 5.74) is 8.59. The molecular formula is C11H11BrN2O. The normalized spacial score (nSPS) is 10.5. The van der Waals surface area contributed by atoms with Gasteiger partial charge in [0.15, 0.2) is 0 Å². The molecule has 0 saturated carbocycles. The van der Waals surface area contributed by atoms with Gasteiger partial charge in [-0.1, -0.05) is 40.1 Å². The Morgan fingerprint density at radius 3 is 2.60 bits per heavy atom. The van der Waals surface area contributed by atoms with Crippen molar-refractivity contribution in [1.29, 1.82) is 0 Å². The van der Waals surface area contributed by atoms with Crippen LogP contribution in [0.4, 0.5) is 5.88 Å². The SMILES string of the molecule is CCc1noc(N)c1-c1ccc(Br)cc1. The maximum Gasteiger partial charge on any atom is 0.230 e. The van der Waals surface area contributed by atoms with Crippen LogP contribution in [0.5, 0.6) is 0 Å². The van der Waals surface area contributed by atoms with Gasteiger partial charge >= 0.3 is 0 Å². The third-order valence-electron chi connectivity index (χ3n) is 2.26. The van der Waals surface area contributed by atoms with Crippen molar-refractivity contribution in [2.45, 2.75) is 13.3 Å². The molecule has 78 valence electrons. The van der Waals surface area contributed by atoms with Crippen LogP contribution in [0.15, 0.2) is 33.3 Å². The molecule has 0 amide bonds. The van der Waals surface area contributed by atoms with Gasteiger partial charge in [0, 0.05) is 4.47 Å². The number of nitrogens with two attached hydrogens (primary N) is 1. The second kappa shape index (κ2) is 4.06. The summed E-state index contributed by atoms with van der Waals surface area (Å²) in [6, 6.07) is 7.93. The van der Waals surface area contributed by atoms with Gasteiger partial charge in [-0.15, -0.1) is 0 Å².